The van der Waals surface area contributed by atoms with E-state index in [1.807, 2.05) is 31.2 Å². The van der Waals surface area contributed by atoms with E-state index in [-0.39, 0.29) is 5.91 Å². The number of benzene rings is 1. The fraction of sp³-hybridized carbons (Fsp3) is 0.720. The number of nitrogens with one attached hydrogen (secondary N) is 1. The number of ether oxygens (including phenoxy) is 2. The van der Waals surface area contributed by atoms with Crippen molar-refractivity contribution in [2.45, 2.75) is 65.4 Å². The van der Waals surface area contributed by atoms with Crippen molar-refractivity contribution in [3.8, 4) is 5.75 Å². The largest absolute Gasteiger partial charge is 0.492 e. The lowest BCUT2D eigenvalue weighted by molar-refractivity contribution is -0.147. The summed E-state index contributed by atoms with van der Waals surface area (Å²) in [7, 11) is 0. The molecule has 0 bridgehead atoms. The molecule has 2 fully saturated rings. The van der Waals surface area contributed by atoms with Gasteiger partial charge in [0, 0.05) is 31.9 Å². The first-order valence-electron chi connectivity index (χ1n) is 11.8. The van der Waals surface area contributed by atoms with Gasteiger partial charge in [-0.1, -0.05) is 27.2 Å². The summed E-state index contributed by atoms with van der Waals surface area (Å²) in [6, 6.07) is 7.72. The molecule has 1 aliphatic carbocycles. The van der Waals surface area contributed by atoms with Gasteiger partial charge in [0.05, 0.1) is 0 Å². The van der Waals surface area contributed by atoms with E-state index in [1.165, 1.54) is 25.9 Å². The summed E-state index contributed by atoms with van der Waals surface area (Å²) in [5, 5.41) is 3.07. The number of likely N-dealkylation sites (tertiary alicyclic amines) is 1. The second-order valence-corrected chi connectivity index (χ2v) is 9.66. The number of hydrogen-bond donors (Lipinski definition) is 1. The van der Waals surface area contributed by atoms with E-state index in [0.29, 0.717) is 19.1 Å². The van der Waals surface area contributed by atoms with Gasteiger partial charge in [-0.3, -0.25) is 9.69 Å². The van der Waals surface area contributed by atoms with Crippen LogP contribution in [0.25, 0.3) is 0 Å². The van der Waals surface area contributed by atoms with Crippen molar-refractivity contribution in [3.05, 3.63) is 24.3 Å². The highest BCUT2D eigenvalue weighted by atomic mass is 16.5. The Labute approximate surface area is 182 Å². The van der Waals surface area contributed by atoms with Gasteiger partial charge in [-0.05, 0) is 74.6 Å². The Morgan fingerprint density at radius 2 is 1.83 bits per heavy atom. The molecule has 1 saturated heterocycles. The number of amides is 1. The maximum atomic E-state index is 13.0. The minimum absolute atomic E-state index is 0.0158. The Kier molecular flexibility index (Phi) is 8.18. The Morgan fingerprint density at radius 3 is 2.47 bits per heavy atom. The predicted molar refractivity (Wildman–Crippen MR) is 122 cm³/mol. The monoisotopic (exact) mass is 416 g/mol. The first-order chi connectivity index (χ1) is 14.4. The fourth-order valence-electron chi connectivity index (χ4n) is 5.33. The lowest BCUT2D eigenvalue weighted by Crippen LogP contribution is -2.48. The van der Waals surface area contributed by atoms with Crippen LogP contribution in [0.1, 0.15) is 59.8 Å². The lowest BCUT2D eigenvalue weighted by atomic mass is 9.78. The van der Waals surface area contributed by atoms with E-state index in [2.05, 4.69) is 31.0 Å². The number of nitrogens with zero attached hydrogens (tertiary/aromatic N) is 1. The molecular weight excluding hydrogens is 376 g/mol. The van der Waals surface area contributed by atoms with Crippen LogP contribution in [0, 0.1) is 17.8 Å². The molecule has 1 aromatic rings. The van der Waals surface area contributed by atoms with Gasteiger partial charge in [0.2, 0.25) is 0 Å². The van der Waals surface area contributed by atoms with Crippen LogP contribution in [0.4, 0.5) is 5.69 Å². The maximum absolute atomic E-state index is 13.0. The summed E-state index contributed by atoms with van der Waals surface area (Å²) in [5.41, 5.74) is 0.105. The molecule has 0 spiro atoms. The first kappa shape index (κ1) is 23.1. The molecule has 5 nitrogen and oxygen atoms in total. The minimum Gasteiger partial charge on any atom is -0.492 e. The Hall–Kier alpha value is -1.59. The van der Waals surface area contributed by atoms with Gasteiger partial charge in [-0.2, -0.15) is 0 Å². The fourth-order valence-corrected chi connectivity index (χ4v) is 5.33. The van der Waals surface area contributed by atoms with Crippen molar-refractivity contribution in [2.24, 2.45) is 17.8 Å². The molecule has 0 unspecified atom stereocenters. The molecule has 0 radical (unpaired) electrons. The zero-order valence-corrected chi connectivity index (χ0v) is 19.3. The summed E-state index contributed by atoms with van der Waals surface area (Å²) in [5.74, 6) is 2.88. The van der Waals surface area contributed by atoms with Gasteiger partial charge in [-0.15, -0.1) is 0 Å². The molecule has 1 heterocycles. The molecule has 1 aliphatic heterocycles. The van der Waals surface area contributed by atoms with Gasteiger partial charge in [0.25, 0.3) is 5.91 Å². The predicted octanol–water partition coefficient (Wildman–Crippen LogP) is 4.97. The van der Waals surface area contributed by atoms with Crippen molar-refractivity contribution in [1.82, 2.24) is 4.90 Å². The quantitative estimate of drug-likeness (QED) is 0.650. The maximum Gasteiger partial charge on any atom is 0.256 e. The number of piperidine rings is 1. The Morgan fingerprint density at radius 1 is 1.13 bits per heavy atom. The van der Waals surface area contributed by atoms with Crippen LogP contribution in [0.5, 0.6) is 5.75 Å². The van der Waals surface area contributed by atoms with Gasteiger partial charge in [-0.25, -0.2) is 0 Å². The van der Waals surface area contributed by atoms with Crippen LogP contribution in [-0.2, 0) is 9.53 Å². The third kappa shape index (κ3) is 6.21. The van der Waals surface area contributed by atoms with E-state index < -0.39 is 5.60 Å². The zero-order valence-electron chi connectivity index (χ0n) is 19.3. The molecular formula is C25H40N2O3. The van der Waals surface area contributed by atoms with Crippen LogP contribution in [0.15, 0.2) is 24.3 Å². The number of carbonyl (C=O) groups excluding carboxylic acids is 1. The highest BCUT2D eigenvalue weighted by Gasteiger charge is 2.42. The number of hydrogen-bond acceptors (Lipinski definition) is 4. The molecule has 168 valence electrons. The van der Waals surface area contributed by atoms with Crippen LogP contribution in [0.2, 0.25) is 0 Å². The molecule has 1 amide bonds. The van der Waals surface area contributed by atoms with Crippen molar-refractivity contribution in [2.75, 3.05) is 38.2 Å². The highest BCUT2D eigenvalue weighted by Crippen LogP contribution is 2.36. The standard InChI is InChI=1S/C25H40N2O3/c1-5-30-25(12-6-7-19(2)16-25)24(28)26-22-8-10-23(11-9-22)29-14-13-27-17-20(3)15-21(4)18-27/h8-11,19-21H,5-7,12-18H2,1-4H3,(H,26,28)/t19-,20-,21+,25-/m1/s1. The van der Waals surface area contributed by atoms with Crippen molar-refractivity contribution < 1.29 is 14.3 Å². The van der Waals surface area contributed by atoms with Crippen LogP contribution >= 0.6 is 0 Å². The van der Waals surface area contributed by atoms with E-state index >= 15 is 0 Å². The lowest BCUT2D eigenvalue weighted by Gasteiger charge is -2.38. The van der Waals surface area contributed by atoms with Crippen LogP contribution < -0.4 is 10.1 Å². The smallest absolute Gasteiger partial charge is 0.256 e. The third-order valence-electron chi connectivity index (χ3n) is 6.52. The summed E-state index contributed by atoms with van der Waals surface area (Å²) >= 11 is 0. The number of rotatable bonds is 8. The van der Waals surface area contributed by atoms with Crippen molar-refractivity contribution in [1.29, 1.82) is 0 Å². The third-order valence-corrected chi connectivity index (χ3v) is 6.52. The van der Waals surface area contributed by atoms with E-state index in [1.54, 1.807) is 0 Å². The van der Waals surface area contributed by atoms with Crippen LogP contribution in [-0.4, -0.2) is 49.3 Å². The van der Waals surface area contributed by atoms with E-state index in [9.17, 15) is 4.79 Å². The SMILES string of the molecule is CCO[C@]1(C(=O)Nc2ccc(OCCN3C[C@H](C)C[C@H](C)C3)cc2)CCC[C@@H](C)C1. The molecule has 1 saturated carbocycles. The molecule has 1 N–H and O–H groups in total. The summed E-state index contributed by atoms with van der Waals surface area (Å²) in [6.45, 7) is 13.4. The van der Waals surface area contributed by atoms with Gasteiger partial charge >= 0.3 is 0 Å². The number of anilines is 1. The van der Waals surface area contributed by atoms with Gasteiger partial charge in [0.1, 0.15) is 18.0 Å². The normalized spacial score (nSPS) is 30.1. The molecule has 5 heteroatoms. The molecule has 0 aromatic heterocycles. The first-order valence-corrected chi connectivity index (χ1v) is 11.8. The van der Waals surface area contributed by atoms with Crippen molar-refractivity contribution >= 4 is 11.6 Å². The van der Waals surface area contributed by atoms with Gasteiger partial charge < -0.3 is 14.8 Å². The molecule has 2 aliphatic rings. The summed E-state index contributed by atoms with van der Waals surface area (Å²) < 4.78 is 11.9. The minimum atomic E-state index is -0.690. The molecule has 1 aromatic carbocycles. The van der Waals surface area contributed by atoms with Gasteiger partial charge in [0.15, 0.2) is 0 Å². The molecule has 3 rings (SSSR count). The average molecular weight is 417 g/mol. The topological polar surface area (TPSA) is 50.8 Å². The molecule has 30 heavy (non-hydrogen) atoms. The number of carbonyl (C=O) groups is 1. The second-order valence-electron chi connectivity index (χ2n) is 9.66. The van der Waals surface area contributed by atoms with Crippen molar-refractivity contribution in [3.63, 3.8) is 0 Å². The summed E-state index contributed by atoms with van der Waals surface area (Å²) in [4.78, 5) is 15.5. The van der Waals surface area contributed by atoms with E-state index in [4.69, 9.17) is 9.47 Å². The second kappa shape index (κ2) is 10.6. The average Bonchev–Trinajstić information content (AvgIpc) is 2.69. The zero-order chi connectivity index (χ0) is 21.6. The van der Waals surface area contributed by atoms with E-state index in [0.717, 1.165) is 49.1 Å². The Balaban J connectivity index is 1.49. The highest BCUT2D eigenvalue weighted by molar-refractivity contribution is 5.97. The Bertz CT molecular complexity index is 663. The molecule has 4 atom stereocenters. The summed E-state index contributed by atoms with van der Waals surface area (Å²) in [6.07, 6.45) is 5.13. The van der Waals surface area contributed by atoms with Crippen LogP contribution in [0.3, 0.4) is 0 Å².